The molecule has 134 valence electrons. The molecule has 0 fully saturated rings. The Balaban J connectivity index is 3.01. The predicted octanol–water partition coefficient (Wildman–Crippen LogP) is 1.87. The molecule has 0 spiro atoms. The molecule has 0 saturated carbocycles. The molecule has 1 aromatic rings. The number of ether oxygens (including phenoxy) is 2. The first kappa shape index (κ1) is 20.1. The Labute approximate surface area is 143 Å². The van der Waals surface area contributed by atoms with Crippen LogP contribution >= 0.6 is 0 Å². The summed E-state index contributed by atoms with van der Waals surface area (Å²) in [5.41, 5.74) is 0.268. The number of anilines is 1. The largest absolute Gasteiger partial charge is 0.495 e. The number of rotatable bonds is 9. The van der Waals surface area contributed by atoms with E-state index in [1.54, 1.807) is 13.0 Å². The molecule has 0 aliphatic rings. The number of benzene rings is 1. The van der Waals surface area contributed by atoms with E-state index in [0.29, 0.717) is 18.8 Å². The second-order valence-corrected chi connectivity index (χ2v) is 7.38. The number of sulfonamides is 1. The van der Waals surface area contributed by atoms with Crippen molar-refractivity contribution in [3.8, 4) is 5.75 Å². The maximum Gasteiger partial charge on any atom is 0.253 e. The molecule has 1 rings (SSSR count). The molecule has 8 heteroatoms. The molecule has 24 heavy (non-hydrogen) atoms. The van der Waals surface area contributed by atoms with E-state index in [-0.39, 0.29) is 10.6 Å². The number of nitrogens with one attached hydrogen (secondary N) is 1. The fourth-order valence-corrected chi connectivity index (χ4v) is 2.72. The second-order valence-electron chi connectivity index (χ2n) is 5.23. The lowest BCUT2D eigenvalue weighted by Gasteiger charge is -2.17. The second kappa shape index (κ2) is 8.81. The molecule has 1 atom stereocenters. The van der Waals surface area contributed by atoms with E-state index in [2.05, 4.69) is 11.9 Å². The van der Waals surface area contributed by atoms with Gasteiger partial charge in [-0.05, 0) is 31.5 Å². The van der Waals surface area contributed by atoms with Gasteiger partial charge in [0.25, 0.3) is 5.91 Å². The molecule has 0 heterocycles. The topological polar surface area (TPSA) is 84.9 Å². The van der Waals surface area contributed by atoms with Crippen LogP contribution in [0.4, 0.5) is 5.69 Å². The zero-order valence-electron chi connectivity index (χ0n) is 14.4. The van der Waals surface area contributed by atoms with Gasteiger partial charge >= 0.3 is 0 Å². The highest BCUT2D eigenvalue weighted by Gasteiger charge is 2.21. The third-order valence-corrected chi connectivity index (χ3v) is 5.08. The van der Waals surface area contributed by atoms with Crippen LogP contribution in [-0.4, -0.2) is 52.5 Å². The number of methoxy groups -OCH3 is 1. The van der Waals surface area contributed by atoms with Gasteiger partial charge in [0.1, 0.15) is 11.9 Å². The van der Waals surface area contributed by atoms with Gasteiger partial charge in [-0.3, -0.25) is 4.79 Å². The molecule has 1 N–H and O–H groups in total. The van der Waals surface area contributed by atoms with Gasteiger partial charge in [-0.15, -0.1) is 6.58 Å². The minimum Gasteiger partial charge on any atom is -0.495 e. The fraction of sp³-hybridized carbons (Fsp3) is 0.438. The Hall–Kier alpha value is -1.90. The van der Waals surface area contributed by atoms with Gasteiger partial charge in [0.2, 0.25) is 10.0 Å². The normalized spacial score (nSPS) is 12.7. The van der Waals surface area contributed by atoms with Crippen molar-refractivity contribution in [2.45, 2.75) is 24.3 Å². The number of nitrogens with zero attached hydrogens (tertiary/aromatic N) is 1. The van der Waals surface area contributed by atoms with Crippen LogP contribution in [0.25, 0.3) is 0 Å². The predicted molar refractivity (Wildman–Crippen MR) is 92.7 cm³/mol. The molecule has 0 aliphatic carbocycles. The van der Waals surface area contributed by atoms with Crippen molar-refractivity contribution in [3.05, 3.63) is 30.9 Å². The summed E-state index contributed by atoms with van der Waals surface area (Å²) < 4.78 is 36.1. The lowest BCUT2D eigenvalue weighted by Crippen LogP contribution is -2.28. The number of amides is 1. The first-order chi connectivity index (χ1) is 11.2. The monoisotopic (exact) mass is 356 g/mol. The van der Waals surface area contributed by atoms with E-state index >= 15 is 0 Å². The Morgan fingerprint density at radius 1 is 1.42 bits per heavy atom. The Bertz CT molecular complexity index is 686. The summed E-state index contributed by atoms with van der Waals surface area (Å²) in [5, 5.41) is 2.64. The third kappa shape index (κ3) is 5.05. The Morgan fingerprint density at radius 3 is 2.62 bits per heavy atom. The number of hydrogen-bond donors (Lipinski definition) is 1. The van der Waals surface area contributed by atoms with E-state index in [1.807, 2.05) is 0 Å². The molecule has 0 radical (unpaired) electrons. The van der Waals surface area contributed by atoms with Crippen molar-refractivity contribution in [1.29, 1.82) is 0 Å². The van der Waals surface area contributed by atoms with Gasteiger partial charge in [-0.1, -0.05) is 6.08 Å². The lowest BCUT2D eigenvalue weighted by molar-refractivity contribution is -0.126. The summed E-state index contributed by atoms with van der Waals surface area (Å²) in [7, 11) is 0.701. The molecule has 0 saturated heterocycles. The molecule has 0 aliphatic heterocycles. The fourth-order valence-electron chi connectivity index (χ4n) is 1.79. The first-order valence-electron chi connectivity index (χ1n) is 7.38. The van der Waals surface area contributed by atoms with E-state index in [0.717, 1.165) is 4.31 Å². The molecule has 1 unspecified atom stereocenters. The standard InChI is InChI=1S/C16H24N2O5S/c1-6-7-10-23-12(2)16(19)17-14-11-13(8-9-15(14)22-5)24(20,21)18(3)4/h6,8-9,11-12H,1,7,10H2,2-5H3,(H,17,19). The van der Waals surface area contributed by atoms with E-state index in [4.69, 9.17) is 9.47 Å². The zero-order valence-corrected chi connectivity index (χ0v) is 15.2. The number of carbonyl (C=O) groups excluding carboxylic acids is 1. The minimum atomic E-state index is -3.61. The average Bonchev–Trinajstić information content (AvgIpc) is 2.54. The van der Waals surface area contributed by atoms with Crippen LogP contribution in [-0.2, 0) is 19.6 Å². The van der Waals surface area contributed by atoms with Crippen LogP contribution in [0, 0.1) is 0 Å². The first-order valence-corrected chi connectivity index (χ1v) is 8.82. The van der Waals surface area contributed by atoms with Crippen molar-refractivity contribution in [2.24, 2.45) is 0 Å². The lowest BCUT2D eigenvalue weighted by atomic mass is 10.2. The van der Waals surface area contributed by atoms with E-state index < -0.39 is 22.0 Å². The van der Waals surface area contributed by atoms with E-state index in [1.165, 1.54) is 39.4 Å². The highest BCUT2D eigenvalue weighted by molar-refractivity contribution is 7.89. The molecular formula is C16H24N2O5S. The average molecular weight is 356 g/mol. The zero-order chi connectivity index (χ0) is 18.3. The van der Waals surface area contributed by atoms with Crippen molar-refractivity contribution in [2.75, 3.05) is 33.1 Å². The Kier molecular flexibility index (Phi) is 7.40. The summed E-state index contributed by atoms with van der Waals surface area (Å²) in [5.74, 6) is -0.0314. The molecule has 1 amide bonds. The van der Waals surface area contributed by atoms with Crippen molar-refractivity contribution in [1.82, 2.24) is 4.31 Å². The van der Waals surface area contributed by atoms with Crippen molar-refractivity contribution < 1.29 is 22.7 Å². The van der Waals surface area contributed by atoms with E-state index in [9.17, 15) is 13.2 Å². The third-order valence-electron chi connectivity index (χ3n) is 3.27. The highest BCUT2D eigenvalue weighted by Crippen LogP contribution is 2.28. The molecule has 7 nitrogen and oxygen atoms in total. The summed E-state index contributed by atoms with van der Waals surface area (Å²) in [6, 6.07) is 4.28. The maximum absolute atomic E-state index is 12.2. The van der Waals surface area contributed by atoms with Crippen LogP contribution in [0.5, 0.6) is 5.75 Å². The maximum atomic E-state index is 12.2. The smallest absolute Gasteiger partial charge is 0.253 e. The van der Waals surface area contributed by atoms with Gasteiger partial charge in [0.05, 0.1) is 24.3 Å². The van der Waals surface area contributed by atoms with Crippen LogP contribution in [0.2, 0.25) is 0 Å². The summed E-state index contributed by atoms with van der Waals surface area (Å²) in [6.07, 6.45) is 1.64. The van der Waals surface area contributed by atoms with Gasteiger partial charge in [-0.25, -0.2) is 12.7 Å². The quantitative estimate of drug-likeness (QED) is 0.539. The molecule has 1 aromatic carbocycles. The van der Waals surface area contributed by atoms with Gasteiger partial charge < -0.3 is 14.8 Å². The van der Waals surface area contributed by atoms with Crippen LogP contribution in [0.1, 0.15) is 13.3 Å². The number of hydrogen-bond acceptors (Lipinski definition) is 5. The Morgan fingerprint density at radius 2 is 2.08 bits per heavy atom. The van der Waals surface area contributed by atoms with Crippen LogP contribution in [0.15, 0.2) is 35.7 Å². The molecule has 0 bridgehead atoms. The summed E-state index contributed by atoms with van der Waals surface area (Å²) in [6.45, 7) is 5.58. The van der Waals surface area contributed by atoms with Crippen LogP contribution < -0.4 is 10.1 Å². The van der Waals surface area contributed by atoms with Crippen LogP contribution in [0.3, 0.4) is 0 Å². The number of carbonyl (C=O) groups is 1. The molecular weight excluding hydrogens is 332 g/mol. The summed E-state index contributed by atoms with van der Waals surface area (Å²) >= 11 is 0. The summed E-state index contributed by atoms with van der Waals surface area (Å²) in [4.78, 5) is 12.3. The van der Waals surface area contributed by atoms with Crippen molar-refractivity contribution in [3.63, 3.8) is 0 Å². The van der Waals surface area contributed by atoms with Gasteiger partial charge in [-0.2, -0.15) is 0 Å². The van der Waals surface area contributed by atoms with Crippen molar-refractivity contribution >= 4 is 21.6 Å². The van der Waals surface area contributed by atoms with Gasteiger partial charge in [0.15, 0.2) is 0 Å². The SMILES string of the molecule is C=CCCOC(C)C(=O)Nc1cc(S(=O)(=O)N(C)C)ccc1OC. The minimum absolute atomic E-state index is 0.0591. The molecule has 0 aromatic heterocycles. The highest BCUT2D eigenvalue weighted by atomic mass is 32.2. The van der Waals surface area contributed by atoms with Gasteiger partial charge in [0, 0.05) is 14.1 Å².